The van der Waals surface area contributed by atoms with Gasteiger partial charge in [0.15, 0.2) is 0 Å². The van der Waals surface area contributed by atoms with Gasteiger partial charge in [0.1, 0.15) is 0 Å². The second-order valence-electron chi connectivity index (χ2n) is 4.98. The summed E-state index contributed by atoms with van der Waals surface area (Å²) in [7, 11) is 0. The number of hydrogen-bond donors (Lipinski definition) is 0. The Bertz CT molecular complexity index is 357. The second-order valence-corrected chi connectivity index (χ2v) is 10.9. The van der Waals surface area contributed by atoms with Crippen molar-refractivity contribution in [1.82, 2.24) is 0 Å². The van der Waals surface area contributed by atoms with Crippen molar-refractivity contribution in [3.05, 3.63) is 41.5 Å². The summed E-state index contributed by atoms with van der Waals surface area (Å²) in [5.74, 6) is 0. The summed E-state index contributed by atoms with van der Waals surface area (Å²) < 4.78 is 72.3. The van der Waals surface area contributed by atoms with Crippen LogP contribution in [0.15, 0.2) is 24.3 Å². The SMILES string of the molecule is CCC[NH-].CCC[NH-].CCC[NH-].F[C](F)(F)[GeH]([c-]1cccc1)[C](F)(F)F.[Zr+4]. The molecular weight excluding hydrogens is 512 g/mol. The number of alkyl halides is 6. The fourth-order valence-corrected chi connectivity index (χ4v) is 4.78. The summed E-state index contributed by atoms with van der Waals surface area (Å²) in [5.41, 5.74) is 19.4. The number of nitrogens with one attached hydrogen (secondary N) is 3. The van der Waals surface area contributed by atoms with E-state index < -0.39 is 28.8 Å². The Morgan fingerprint density at radius 1 is 0.704 bits per heavy atom. The van der Waals surface area contributed by atoms with Crippen LogP contribution in [0.4, 0.5) is 26.3 Å². The number of halogens is 6. The van der Waals surface area contributed by atoms with Crippen molar-refractivity contribution >= 4 is 18.7 Å². The Labute approximate surface area is 182 Å². The fraction of sp³-hybridized carbons (Fsp3) is 0.688. The second kappa shape index (κ2) is 21.0. The average molecular weight is 541 g/mol. The summed E-state index contributed by atoms with van der Waals surface area (Å²) in [6.45, 7) is 7.69. The molecule has 0 aliphatic carbocycles. The van der Waals surface area contributed by atoms with E-state index >= 15 is 0 Å². The largest absolute Gasteiger partial charge is 4.00 e. The molecule has 3 N–H and O–H groups in total. The molecule has 0 spiro atoms. The molecule has 158 valence electrons. The van der Waals surface area contributed by atoms with Gasteiger partial charge in [-0.3, -0.25) is 0 Å². The van der Waals surface area contributed by atoms with E-state index in [9.17, 15) is 26.3 Å². The summed E-state index contributed by atoms with van der Waals surface area (Å²) in [6, 6.07) is 4.16. The molecule has 3 nitrogen and oxygen atoms in total. The minimum absolute atomic E-state index is 0. The first-order chi connectivity index (χ1) is 12.0. The van der Waals surface area contributed by atoms with E-state index in [4.69, 9.17) is 17.2 Å². The Morgan fingerprint density at radius 3 is 1.07 bits per heavy atom. The van der Waals surface area contributed by atoms with Crippen LogP contribution in [0.2, 0.25) is 0 Å². The van der Waals surface area contributed by atoms with Gasteiger partial charge in [-0.1, -0.05) is 40.0 Å². The molecule has 0 saturated carbocycles. The number of hydrogen-bond acceptors (Lipinski definition) is 0. The van der Waals surface area contributed by atoms with Gasteiger partial charge in [-0.05, 0) is 0 Å². The van der Waals surface area contributed by atoms with Gasteiger partial charge >= 0.3 is 106 Å². The maximum atomic E-state index is 12.1. The molecule has 0 amide bonds. The summed E-state index contributed by atoms with van der Waals surface area (Å²) in [4.78, 5) is 0. The van der Waals surface area contributed by atoms with Crippen LogP contribution in [0.3, 0.4) is 0 Å². The molecule has 11 heteroatoms. The molecule has 0 radical (unpaired) electrons. The summed E-state index contributed by atoms with van der Waals surface area (Å²) in [5, 5.41) is -10.2. The van der Waals surface area contributed by atoms with Crippen LogP contribution in [0.1, 0.15) is 40.0 Å². The molecule has 0 saturated heterocycles. The van der Waals surface area contributed by atoms with E-state index in [0.717, 1.165) is 31.4 Å². The van der Waals surface area contributed by atoms with Crippen LogP contribution >= 0.6 is 0 Å². The van der Waals surface area contributed by atoms with E-state index in [-0.39, 0.29) is 26.2 Å². The Hall–Kier alpha value is 0.236. The van der Waals surface area contributed by atoms with E-state index in [1.165, 1.54) is 12.1 Å². The molecule has 1 aromatic rings. The molecule has 1 rings (SSSR count). The average Bonchev–Trinajstić information content (AvgIpc) is 3.06. The van der Waals surface area contributed by atoms with Crippen molar-refractivity contribution in [2.45, 2.75) is 50.1 Å². The first-order valence-corrected chi connectivity index (χ1v) is 11.9. The molecule has 0 bridgehead atoms. The van der Waals surface area contributed by atoms with Gasteiger partial charge in [0.2, 0.25) is 0 Å². The van der Waals surface area contributed by atoms with E-state index in [1.807, 2.05) is 20.8 Å². The van der Waals surface area contributed by atoms with Crippen molar-refractivity contribution in [3.8, 4) is 0 Å². The normalized spacial score (nSPS) is 10.4. The van der Waals surface area contributed by atoms with Crippen LogP contribution in [0, 0.1) is 0 Å². The Balaban J connectivity index is -0.000000169. The molecule has 0 aliphatic heterocycles. The molecular formula is C16H29F6GeN3Zr. The predicted octanol–water partition coefficient (Wildman–Crippen LogP) is 6.39. The zero-order valence-electron chi connectivity index (χ0n) is 15.9. The van der Waals surface area contributed by atoms with Gasteiger partial charge in [0.05, 0.1) is 0 Å². The molecule has 0 fully saturated rings. The summed E-state index contributed by atoms with van der Waals surface area (Å²) in [6.07, 6.45) is 2.96. The molecule has 27 heavy (non-hydrogen) atoms. The smallest absolute Gasteiger partial charge is 4.00 e. The zero-order chi connectivity index (χ0) is 21.2. The topological polar surface area (TPSA) is 71.4 Å². The van der Waals surface area contributed by atoms with Crippen LogP contribution in [0.25, 0.3) is 17.2 Å². The van der Waals surface area contributed by atoms with Crippen molar-refractivity contribution in [3.63, 3.8) is 0 Å². The third kappa shape index (κ3) is 22.4. The van der Waals surface area contributed by atoms with Gasteiger partial charge in [-0.25, -0.2) is 0 Å². The van der Waals surface area contributed by atoms with Gasteiger partial charge in [0, 0.05) is 0 Å². The van der Waals surface area contributed by atoms with Crippen LogP contribution in [-0.4, -0.2) is 44.0 Å². The van der Waals surface area contributed by atoms with E-state index in [0.29, 0.717) is 19.6 Å². The van der Waals surface area contributed by atoms with E-state index in [1.54, 1.807) is 0 Å². The third-order valence-electron chi connectivity index (χ3n) is 2.43. The molecule has 0 atom stereocenters. The van der Waals surface area contributed by atoms with Crippen LogP contribution in [0.5, 0.6) is 0 Å². The van der Waals surface area contributed by atoms with Gasteiger partial charge in [-0.2, -0.15) is 19.6 Å². The first-order valence-electron chi connectivity index (χ1n) is 8.26. The Kier molecular flexibility index (Phi) is 27.0. The minimum atomic E-state index is -5.46. The predicted molar refractivity (Wildman–Crippen MR) is 99.4 cm³/mol. The molecule has 0 heterocycles. The standard InChI is InChI=1S/C7H5F6Ge.3C3H8N.Zr/c8-6(9,10)14(7(11,12)13)5-3-1-2-4-5;3*1-2-3-4;/h1-4,14H;3*4H,2-3H2,1H3;/q4*-1;+4. The molecule has 0 unspecified atom stereocenters. The van der Waals surface area contributed by atoms with Crippen molar-refractivity contribution in [1.29, 1.82) is 0 Å². The molecule has 0 aromatic heterocycles. The quantitative estimate of drug-likeness (QED) is 0.241. The van der Waals surface area contributed by atoms with Gasteiger partial charge in [0.25, 0.3) is 0 Å². The molecule has 0 aliphatic rings. The third-order valence-corrected chi connectivity index (χ3v) is 7.38. The zero-order valence-corrected chi connectivity index (χ0v) is 20.8. The monoisotopic (exact) mass is 541 g/mol. The molecule has 1 aromatic carbocycles. The maximum Gasteiger partial charge on any atom is 4.00 e. The Morgan fingerprint density at radius 2 is 0.926 bits per heavy atom. The van der Waals surface area contributed by atoms with Crippen molar-refractivity contribution in [2.24, 2.45) is 0 Å². The van der Waals surface area contributed by atoms with Crippen LogP contribution in [-0.2, 0) is 26.2 Å². The number of rotatable bonds is 4. The van der Waals surface area contributed by atoms with Gasteiger partial charge < -0.3 is 17.2 Å². The van der Waals surface area contributed by atoms with Crippen molar-refractivity contribution < 1.29 is 52.5 Å². The maximum absolute atomic E-state index is 12.1. The first kappa shape index (κ1) is 34.7. The van der Waals surface area contributed by atoms with Crippen molar-refractivity contribution in [2.75, 3.05) is 19.6 Å². The van der Waals surface area contributed by atoms with Crippen LogP contribution < -0.4 is 4.40 Å². The fourth-order valence-electron chi connectivity index (χ4n) is 1.14. The summed E-state index contributed by atoms with van der Waals surface area (Å²) >= 11 is -5.46. The minimum Gasteiger partial charge on any atom is 4.00 e. The van der Waals surface area contributed by atoms with Gasteiger partial charge in [-0.15, -0.1) is 0 Å². The van der Waals surface area contributed by atoms with E-state index in [2.05, 4.69) is 0 Å².